The number of furan rings is 3. The second-order valence-electron chi connectivity index (χ2n) is 14.3. The average Bonchev–Trinajstić information content (AvgIpc) is 3.94. The van der Waals surface area contributed by atoms with Gasteiger partial charge in [-0.25, -0.2) is 15.0 Å². The van der Waals surface area contributed by atoms with E-state index in [9.17, 15) is 0 Å². The highest BCUT2D eigenvalue weighted by atomic mass is 16.3. The lowest BCUT2D eigenvalue weighted by atomic mass is 9.86. The molecule has 6 nitrogen and oxygen atoms in total. The average molecular weight is 708 g/mol. The molecule has 11 aromatic rings. The summed E-state index contributed by atoms with van der Waals surface area (Å²) in [6.45, 7) is 0. The van der Waals surface area contributed by atoms with E-state index >= 15 is 0 Å². The Balaban J connectivity index is 1.05. The minimum Gasteiger partial charge on any atom is -0.460 e. The summed E-state index contributed by atoms with van der Waals surface area (Å²) in [5, 5.41) is 7.44. The number of nitrogens with zero attached hydrogens (tertiary/aromatic N) is 3. The van der Waals surface area contributed by atoms with Crippen LogP contribution in [0.4, 0.5) is 0 Å². The van der Waals surface area contributed by atoms with Crippen LogP contribution in [-0.4, -0.2) is 15.0 Å². The van der Waals surface area contributed by atoms with Gasteiger partial charge in [0.05, 0.1) is 5.56 Å². The lowest BCUT2D eigenvalue weighted by Crippen LogP contribution is -2.03. The van der Waals surface area contributed by atoms with Crippen LogP contribution in [0, 0.1) is 0 Å². The highest BCUT2D eigenvalue weighted by Gasteiger charge is 2.27. The topological polar surface area (TPSA) is 78.1 Å². The first kappa shape index (κ1) is 30.2. The minimum absolute atomic E-state index is 0.0843. The lowest BCUT2D eigenvalue weighted by Gasteiger charge is -2.17. The van der Waals surface area contributed by atoms with Gasteiger partial charge in [0.25, 0.3) is 0 Å². The molecule has 0 spiro atoms. The Bertz CT molecular complexity index is 3380. The van der Waals surface area contributed by atoms with Crippen LogP contribution in [0.25, 0.3) is 106 Å². The number of allylic oxidation sites excluding steroid dienone is 1. The fraction of sp³-hybridized carbons (Fsp3) is 0.0408. The first-order chi connectivity index (χ1) is 27.2. The largest absolute Gasteiger partial charge is 0.460 e. The second kappa shape index (κ2) is 11.6. The SMILES string of the molecule is C1=Cc2c(oc3ccccc23)C(c2ccc3c(c2)oc2cccc(-c4nc(-c5ccc6ccccc6c5)nc(-c5cccc6c5oc5ccccc56)n4)c23)C1. The maximum atomic E-state index is 6.63. The summed E-state index contributed by atoms with van der Waals surface area (Å²) in [6.07, 6.45) is 5.29. The van der Waals surface area contributed by atoms with Crippen LogP contribution >= 0.6 is 0 Å². The van der Waals surface area contributed by atoms with Crippen molar-refractivity contribution in [1.29, 1.82) is 0 Å². The Morgan fingerprint density at radius 2 is 1.18 bits per heavy atom. The Labute approximate surface area is 314 Å². The zero-order chi connectivity index (χ0) is 36.0. The molecule has 1 aliphatic carbocycles. The first-order valence-corrected chi connectivity index (χ1v) is 18.5. The smallest absolute Gasteiger partial charge is 0.167 e. The van der Waals surface area contributed by atoms with Crippen molar-refractivity contribution in [2.24, 2.45) is 0 Å². The fourth-order valence-corrected chi connectivity index (χ4v) is 8.47. The zero-order valence-corrected chi connectivity index (χ0v) is 29.4. The van der Waals surface area contributed by atoms with Crippen LogP contribution in [0.15, 0.2) is 165 Å². The van der Waals surface area contributed by atoms with Gasteiger partial charge in [-0.15, -0.1) is 0 Å². The van der Waals surface area contributed by atoms with E-state index in [0.29, 0.717) is 17.5 Å². The summed E-state index contributed by atoms with van der Waals surface area (Å²) in [5.41, 5.74) is 8.94. The van der Waals surface area contributed by atoms with Gasteiger partial charge in [0.2, 0.25) is 0 Å². The molecule has 1 aliphatic rings. The predicted octanol–water partition coefficient (Wildman–Crippen LogP) is 13.1. The Morgan fingerprint density at radius 1 is 0.473 bits per heavy atom. The number of hydrogen-bond donors (Lipinski definition) is 0. The summed E-state index contributed by atoms with van der Waals surface area (Å²) < 4.78 is 19.6. The fourth-order valence-electron chi connectivity index (χ4n) is 8.47. The van der Waals surface area contributed by atoms with E-state index in [4.69, 9.17) is 28.2 Å². The van der Waals surface area contributed by atoms with E-state index in [1.807, 2.05) is 54.6 Å². The van der Waals surface area contributed by atoms with Crippen LogP contribution < -0.4 is 0 Å². The number of benzene rings is 7. The molecule has 0 saturated carbocycles. The van der Waals surface area contributed by atoms with E-state index in [2.05, 4.69) is 103 Å². The summed E-state index contributed by atoms with van der Waals surface area (Å²) in [6, 6.07) is 49.8. The van der Waals surface area contributed by atoms with Crippen molar-refractivity contribution < 1.29 is 13.3 Å². The van der Waals surface area contributed by atoms with Crippen LogP contribution in [0.3, 0.4) is 0 Å². The molecule has 0 fully saturated rings. The van der Waals surface area contributed by atoms with Gasteiger partial charge in [-0.2, -0.15) is 0 Å². The van der Waals surface area contributed by atoms with E-state index in [1.165, 1.54) is 0 Å². The number of fused-ring (bicyclic) bond motifs is 10. The van der Waals surface area contributed by atoms with Gasteiger partial charge in [-0.05, 0) is 59.2 Å². The Hall–Kier alpha value is -7.31. The molecule has 12 rings (SSSR count). The lowest BCUT2D eigenvalue weighted by molar-refractivity contribution is 0.516. The van der Waals surface area contributed by atoms with Crippen molar-refractivity contribution in [3.05, 3.63) is 169 Å². The molecule has 258 valence electrons. The van der Waals surface area contributed by atoms with Gasteiger partial charge in [0, 0.05) is 49.5 Å². The van der Waals surface area contributed by atoms with Crippen LogP contribution in [-0.2, 0) is 0 Å². The molecule has 6 heteroatoms. The third kappa shape index (κ3) is 4.64. The molecule has 0 saturated heterocycles. The molecule has 0 aliphatic heterocycles. The quantitative estimate of drug-likeness (QED) is 0.181. The summed E-state index contributed by atoms with van der Waals surface area (Å²) in [4.78, 5) is 15.5. The normalized spacial score (nSPS) is 14.2. The highest BCUT2D eigenvalue weighted by molar-refractivity contribution is 6.12. The molecular weight excluding hydrogens is 679 g/mol. The van der Waals surface area contributed by atoms with E-state index in [-0.39, 0.29) is 5.92 Å². The maximum Gasteiger partial charge on any atom is 0.167 e. The van der Waals surface area contributed by atoms with Crippen molar-refractivity contribution in [3.63, 3.8) is 0 Å². The van der Waals surface area contributed by atoms with Crippen molar-refractivity contribution >= 4 is 71.7 Å². The predicted molar refractivity (Wildman–Crippen MR) is 220 cm³/mol. The van der Waals surface area contributed by atoms with Gasteiger partial charge in [0.15, 0.2) is 17.5 Å². The van der Waals surface area contributed by atoms with Crippen LogP contribution in [0.5, 0.6) is 0 Å². The molecule has 0 amide bonds. The first-order valence-electron chi connectivity index (χ1n) is 18.5. The van der Waals surface area contributed by atoms with Crippen molar-refractivity contribution in [2.75, 3.05) is 0 Å². The van der Waals surface area contributed by atoms with E-state index in [1.54, 1.807) is 0 Å². The van der Waals surface area contributed by atoms with Gasteiger partial charge in [-0.1, -0.05) is 121 Å². The monoisotopic (exact) mass is 707 g/mol. The molecule has 1 atom stereocenters. The zero-order valence-electron chi connectivity index (χ0n) is 29.4. The molecule has 0 bridgehead atoms. The summed E-state index contributed by atoms with van der Waals surface area (Å²) >= 11 is 0. The van der Waals surface area contributed by atoms with Gasteiger partial charge < -0.3 is 13.3 Å². The Kier molecular flexibility index (Phi) is 6.36. The van der Waals surface area contributed by atoms with Gasteiger partial charge >= 0.3 is 0 Å². The molecular formula is C49H29N3O3. The van der Waals surface area contributed by atoms with E-state index < -0.39 is 0 Å². The molecule has 0 N–H and O–H groups in total. The van der Waals surface area contributed by atoms with Gasteiger partial charge in [0.1, 0.15) is 33.7 Å². The molecule has 7 aromatic carbocycles. The number of rotatable bonds is 4. The molecule has 0 radical (unpaired) electrons. The third-order valence-corrected chi connectivity index (χ3v) is 11.1. The van der Waals surface area contributed by atoms with Crippen molar-refractivity contribution in [1.82, 2.24) is 15.0 Å². The van der Waals surface area contributed by atoms with Crippen LogP contribution in [0.1, 0.15) is 29.2 Å². The summed E-state index contributed by atoms with van der Waals surface area (Å²) in [7, 11) is 0. The summed E-state index contributed by atoms with van der Waals surface area (Å²) in [5.74, 6) is 2.76. The standard InChI is InChI=1S/C49H29N3O3/c1-2-11-29-26-31(23-22-28(29)10-1)47-50-48(52-49(51-47)39-18-8-16-36-34-13-4-6-20-41(34)55-46(36)39)38-17-9-21-42-44(38)37-25-24-30(27-43(37)53-42)32-14-7-15-35-33-12-3-5-19-40(33)54-45(32)35/h1-13,15-27,32H,14H2. The number of hydrogen-bond acceptors (Lipinski definition) is 6. The van der Waals surface area contributed by atoms with Crippen molar-refractivity contribution in [3.8, 4) is 34.2 Å². The molecule has 55 heavy (non-hydrogen) atoms. The number of aromatic nitrogens is 3. The number of para-hydroxylation sites is 3. The second-order valence-corrected chi connectivity index (χ2v) is 14.3. The van der Waals surface area contributed by atoms with Gasteiger partial charge in [-0.3, -0.25) is 0 Å². The van der Waals surface area contributed by atoms with E-state index in [0.717, 1.165) is 106 Å². The maximum absolute atomic E-state index is 6.63. The van der Waals surface area contributed by atoms with Crippen LogP contribution in [0.2, 0.25) is 0 Å². The molecule has 4 heterocycles. The molecule has 4 aromatic heterocycles. The van der Waals surface area contributed by atoms with Crippen molar-refractivity contribution in [2.45, 2.75) is 12.3 Å². The third-order valence-electron chi connectivity index (χ3n) is 11.1. The molecule has 1 unspecified atom stereocenters. The highest BCUT2D eigenvalue weighted by Crippen LogP contribution is 2.44. The Morgan fingerprint density at radius 3 is 2.09 bits per heavy atom. The minimum atomic E-state index is 0.0843.